The molecule has 1 amide bonds. The van der Waals surface area contributed by atoms with Crippen molar-refractivity contribution in [1.29, 1.82) is 0 Å². The molecule has 0 spiro atoms. The number of hydrogen-bond acceptors (Lipinski definition) is 3. The first-order valence-corrected chi connectivity index (χ1v) is 6.21. The van der Waals surface area contributed by atoms with Crippen molar-refractivity contribution in [2.75, 3.05) is 0 Å². The summed E-state index contributed by atoms with van der Waals surface area (Å²) in [7, 11) is 0. The average molecular weight is 287 g/mol. The molecule has 0 bridgehead atoms. The van der Waals surface area contributed by atoms with Crippen LogP contribution < -0.4 is 5.32 Å². The van der Waals surface area contributed by atoms with Crippen molar-refractivity contribution >= 4 is 34.8 Å². The van der Waals surface area contributed by atoms with Gasteiger partial charge in [0.25, 0.3) is 0 Å². The van der Waals surface area contributed by atoms with Crippen LogP contribution in [0, 0.1) is 5.92 Å². The van der Waals surface area contributed by atoms with Gasteiger partial charge in [-0.25, -0.2) is 0 Å². The van der Waals surface area contributed by atoms with Gasteiger partial charge in [-0.3, -0.25) is 4.79 Å². The van der Waals surface area contributed by atoms with Crippen molar-refractivity contribution in [1.82, 2.24) is 5.32 Å². The minimum atomic E-state index is -0.482. The normalized spacial score (nSPS) is 22.3. The Morgan fingerprint density at radius 2 is 2.00 bits per heavy atom. The van der Waals surface area contributed by atoms with E-state index in [0.717, 1.165) is 0 Å². The van der Waals surface area contributed by atoms with Crippen LogP contribution in [0.1, 0.15) is 19.4 Å². The number of nitrogens with zero attached hydrogens (tertiary/aromatic N) is 1. The number of amides is 1. The molecule has 18 heavy (non-hydrogen) atoms. The Bertz CT molecular complexity index is 497. The van der Waals surface area contributed by atoms with Crippen LogP contribution in [0.4, 0.5) is 0 Å². The molecule has 1 aliphatic rings. The summed E-state index contributed by atoms with van der Waals surface area (Å²) in [4.78, 5) is 16.2. The molecule has 1 aromatic rings. The fourth-order valence-electron chi connectivity index (χ4n) is 1.80. The first-order valence-electron chi connectivity index (χ1n) is 5.46. The number of nitrogens with one attached hydrogen (secondary N) is 1. The van der Waals surface area contributed by atoms with E-state index < -0.39 is 6.23 Å². The second-order valence-electron chi connectivity index (χ2n) is 4.09. The highest BCUT2D eigenvalue weighted by molar-refractivity contribution is 6.40. The monoisotopic (exact) mass is 286 g/mol. The van der Waals surface area contributed by atoms with Crippen LogP contribution in [0.15, 0.2) is 23.4 Å². The van der Waals surface area contributed by atoms with Crippen LogP contribution in [0.5, 0.6) is 0 Å². The predicted molar refractivity (Wildman–Crippen MR) is 70.9 cm³/mol. The van der Waals surface area contributed by atoms with Crippen LogP contribution in [0.25, 0.3) is 0 Å². The third kappa shape index (κ3) is 2.44. The zero-order valence-electron chi connectivity index (χ0n) is 9.91. The minimum absolute atomic E-state index is 0.119. The molecule has 0 saturated heterocycles. The lowest BCUT2D eigenvalue weighted by molar-refractivity contribution is -0.123. The molecule has 0 aliphatic carbocycles. The van der Waals surface area contributed by atoms with Crippen LogP contribution in [-0.4, -0.2) is 17.8 Å². The highest BCUT2D eigenvalue weighted by Gasteiger charge is 2.33. The van der Waals surface area contributed by atoms with Gasteiger partial charge in [-0.1, -0.05) is 41.3 Å². The van der Waals surface area contributed by atoms with Gasteiger partial charge in [-0.15, -0.1) is 0 Å². The van der Waals surface area contributed by atoms with Crippen LogP contribution in [-0.2, 0) is 9.63 Å². The van der Waals surface area contributed by atoms with Gasteiger partial charge in [-0.2, -0.15) is 0 Å². The average Bonchev–Trinajstić information content (AvgIpc) is 2.61. The molecular formula is C12H12Cl2N2O2. The fourth-order valence-corrected chi connectivity index (χ4v) is 2.39. The summed E-state index contributed by atoms with van der Waals surface area (Å²) < 4.78 is 0. The van der Waals surface area contributed by atoms with Gasteiger partial charge in [0.1, 0.15) is 0 Å². The molecule has 6 heteroatoms. The summed E-state index contributed by atoms with van der Waals surface area (Å²) >= 11 is 12.2. The molecule has 0 unspecified atom stereocenters. The van der Waals surface area contributed by atoms with Gasteiger partial charge in [0, 0.05) is 12.5 Å². The van der Waals surface area contributed by atoms with Crippen molar-refractivity contribution in [3.63, 3.8) is 0 Å². The maximum absolute atomic E-state index is 11.0. The van der Waals surface area contributed by atoms with E-state index in [2.05, 4.69) is 10.5 Å². The molecule has 2 atom stereocenters. The van der Waals surface area contributed by atoms with E-state index in [1.807, 2.05) is 6.92 Å². The van der Waals surface area contributed by atoms with Crippen molar-refractivity contribution in [2.24, 2.45) is 11.1 Å². The third-order valence-corrected chi connectivity index (χ3v) is 3.34. The summed E-state index contributed by atoms with van der Waals surface area (Å²) in [6.45, 7) is 3.32. The molecule has 0 aromatic heterocycles. The quantitative estimate of drug-likeness (QED) is 0.909. The third-order valence-electron chi connectivity index (χ3n) is 2.71. The Morgan fingerprint density at radius 3 is 2.56 bits per heavy atom. The summed E-state index contributed by atoms with van der Waals surface area (Å²) in [5.74, 6) is -0.292. The second-order valence-corrected chi connectivity index (χ2v) is 4.90. The van der Waals surface area contributed by atoms with Crippen molar-refractivity contribution < 1.29 is 9.63 Å². The van der Waals surface area contributed by atoms with Gasteiger partial charge < -0.3 is 10.2 Å². The molecule has 1 aromatic carbocycles. The first kappa shape index (κ1) is 13.2. The molecule has 1 aliphatic heterocycles. The van der Waals surface area contributed by atoms with Gasteiger partial charge in [0.2, 0.25) is 12.1 Å². The predicted octanol–water partition coefficient (Wildman–Crippen LogP) is 2.83. The van der Waals surface area contributed by atoms with Gasteiger partial charge in [0.05, 0.1) is 21.7 Å². The largest absolute Gasteiger partial charge is 0.370 e. The van der Waals surface area contributed by atoms with Crippen LogP contribution in [0.2, 0.25) is 10.0 Å². The molecule has 1 heterocycles. The Morgan fingerprint density at radius 1 is 1.39 bits per heavy atom. The Hall–Kier alpha value is -1.26. The topological polar surface area (TPSA) is 50.7 Å². The number of carbonyl (C=O) groups is 1. The van der Waals surface area contributed by atoms with E-state index in [9.17, 15) is 4.79 Å². The molecule has 0 saturated carbocycles. The lowest BCUT2D eigenvalue weighted by Gasteiger charge is -2.15. The zero-order chi connectivity index (χ0) is 13.3. The lowest BCUT2D eigenvalue weighted by atomic mass is 9.97. The summed E-state index contributed by atoms with van der Waals surface area (Å²) in [5.41, 5.74) is 1.30. The van der Waals surface area contributed by atoms with Gasteiger partial charge in [-0.05, 0) is 12.1 Å². The number of rotatable bonds is 2. The fraction of sp³-hybridized carbons (Fsp3) is 0.333. The highest BCUT2D eigenvalue weighted by atomic mass is 35.5. The Balaban J connectivity index is 2.28. The van der Waals surface area contributed by atoms with E-state index in [4.69, 9.17) is 28.0 Å². The standard InChI is InChI=1S/C12H12Cl2N2O2/c1-6-11(16-18-12(6)15-7(2)17)10-8(13)4-3-5-9(10)14/h3-6,12H,1-2H3,(H,15,17)/t6-,12-/m0/s1. The van der Waals surface area contributed by atoms with E-state index >= 15 is 0 Å². The molecule has 0 fully saturated rings. The summed E-state index contributed by atoms with van der Waals surface area (Å²) in [5, 5.41) is 7.67. The summed E-state index contributed by atoms with van der Waals surface area (Å²) in [6.07, 6.45) is -0.482. The molecular weight excluding hydrogens is 275 g/mol. The van der Waals surface area contributed by atoms with E-state index in [0.29, 0.717) is 21.3 Å². The second kappa shape index (κ2) is 5.16. The maximum Gasteiger partial charge on any atom is 0.219 e. The van der Waals surface area contributed by atoms with Crippen molar-refractivity contribution in [2.45, 2.75) is 20.1 Å². The zero-order valence-corrected chi connectivity index (χ0v) is 11.4. The number of benzene rings is 1. The van der Waals surface area contributed by atoms with Crippen LogP contribution >= 0.6 is 23.2 Å². The maximum atomic E-state index is 11.0. The molecule has 96 valence electrons. The lowest BCUT2D eigenvalue weighted by Crippen LogP contribution is -2.38. The van der Waals surface area contributed by atoms with Gasteiger partial charge in [0.15, 0.2) is 0 Å². The first-order chi connectivity index (χ1) is 8.50. The molecule has 1 N–H and O–H groups in total. The molecule has 4 nitrogen and oxygen atoms in total. The van der Waals surface area contributed by atoms with Crippen molar-refractivity contribution in [3.05, 3.63) is 33.8 Å². The number of hydrogen-bond donors (Lipinski definition) is 1. The van der Waals surface area contributed by atoms with E-state index in [1.54, 1.807) is 18.2 Å². The minimum Gasteiger partial charge on any atom is -0.370 e. The smallest absolute Gasteiger partial charge is 0.219 e. The SMILES string of the molecule is CC(=O)N[C@H]1ON=C(c2c(Cl)cccc2Cl)[C@@H]1C. The van der Waals surface area contributed by atoms with Crippen molar-refractivity contribution in [3.8, 4) is 0 Å². The van der Waals surface area contributed by atoms with Gasteiger partial charge >= 0.3 is 0 Å². The van der Waals surface area contributed by atoms with E-state index in [-0.39, 0.29) is 11.8 Å². The number of halogens is 2. The number of oxime groups is 1. The van der Waals surface area contributed by atoms with Crippen LogP contribution in [0.3, 0.4) is 0 Å². The highest BCUT2D eigenvalue weighted by Crippen LogP contribution is 2.31. The Kier molecular flexibility index (Phi) is 3.78. The molecule has 2 rings (SSSR count). The molecule has 0 radical (unpaired) electrons. The van der Waals surface area contributed by atoms with E-state index in [1.165, 1.54) is 6.92 Å². The summed E-state index contributed by atoms with van der Waals surface area (Å²) in [6, 6.07) is 5.24. The Labute approximate surface area is 115 Å². The number of carbonyl (C=O) groups excluding carboxylic acids is 1.